The fraction of sp³-hybridized carbons (Fsp3) is 0.583. The Morgan fingerprint density at radius 2 is 2.30 bits per heavy atom. The van der Waals surface area contributed by atoms with E-state index in [1.54, 1.807) is 0 Å². The van der Waals surface area contributed by atoms with Gasteiger partial charge in [0, 0.05) is 36.8 Å². The summed E-state index contributed by atoms with van der Waals surface area (Å²) in [5.74, 6) is 0.109. The minimum Gasteiger partial charge on any atom is -0.341 e. The number of amides is 3. The third-order valence-electron chi connectivity index (χ3n) is 3.82. The van der Waals surface area contributed by atoms with Gasteiger partial charge >= 0.3 is 6.03 Å². The Balaban J connectivity index is 1.65. The highest BCUT2D eigenvalue weighted by atomic mass is 32.1. The van der Waals surface area contributed by atoms with Crippen LogP contribution in [0.1, 0.15) is 10.6 Å². The monoisotopic (exact) mass is 312 g/mol. The summed E-state index contributed by atoms with van der Waals surface area (Å²) in [4.78, 5) is 31.6. The molecule has 3 amide bonds. The van der Waals surface area contributed by atoms with E-state index < -0.39 is 0 Å². The largest absolute Gasteiger partial charge is 0.341 e. The number of urea groups is 1. The number of aryl methyl sites for hydroxylation is 1. The Labute approximate surface area is 125 Å². The summed E-state index contributed by atoms with van der Waals surface area (Å²) < 4.78 is 0.709. The van der Waals surface area contributed by atoms with Crippen LogP contribution >= 0.6 is 23.6 Å². The molecule has 1 aromatic rings. The van der Waals surface area contributed by atoms with Crippen molar-refractivity contribution in [2.24, 2.45) is 0 Å². The zero-order chi connectivity index (χ0) is 14.3. The molecule has 0 bridgehead atoms. The number of H-pyrrole nitrogens is 1. The SMILES string of the molecule is Cc1[nH]c(=S)sc1CC(=O)N1CCN2C(=O)NCC2C1. The number of hydrogen-bond donors (Lipinski definition) is 2. The first kappa shape index (κ1) is 13.6. The van der Waals surface area contributed by atoms with Crippen LogP contribution in [0.2, 0.25) is 0 Å². The van der Waals surface area contributed by atoms with Gasteiger partial charge in [-0.05, 0) is 19.1 Å². The van der Waals surface area contributed by atoms with Crippen molar-refractivity contribution in [3.05, 3.63) is 14.5 Å². The van der Waals surface area contributed by atoms with Crippen molar-refractivity contribution in [2.45, 2.75) is 19.4 Å². The normalized spacial score (nSPS) is 21.9. The lowest BCUT2D eigenvalue weighted by Gasteiger charge is -2.36. The summed E-state index contributed by atoms with van der Waals surface area (Å²) in [5.41, 5.74) is 0.977. The maximum Gasteiger partial charge on any atom is 0.317 e. The van der Waals surface area contributed by atoms with Crippen LogP contribution in [-0.2, 0) is 11.2 Å². The number of thiazole rings is 1. The van der Waals surface area contributed by atoms with Gasteiger partial charge in [-0.2, -0.15) is 0 Å². The number of nitrogens with zero attached hydrogens (tertiary/aromatic N) is 2. The first-order valence-corrected chi connectivity index (χ1v) is 7.78. The minimum atomic E-state index is -0.0125. The van der Waals surface area contributed by atoms with Gasteiger partial charge in [-0.25, -0.2) is 4.79 Å². The van der Waals surface area contributed by atoms with Crippen LogP contribution in [0.25, 0.3) is 0 Å². The number of rotatable bonds is 2. The molecule has 2 N–H and O–H groups in total. The highest BCUT2D eigenvalue weighted by molar-refractivity contribution is 7.73. The first-order valence-electron chi connectivity index (χ1n) is 6.55. The number of aromatic amines is 1. The van der Waals surface area contributed by atoms with Crippen molar-refractivity contribution < 1.29 is 9.59 Å². The molecule has 1 atom stereocenters. The Morgan fingerprint density at radius 3 is 3.00 bits per heavy atom. The summed E-state index contributed by atoms with van der Waals surface area (Å²) in [5, 5.41) is 2.82. The van der Waals surface area contributed by atoms with E-state index in [1.807, 2.05) is 16.7 Å². The maximum absolute atomic E-state index is 12.4. The molecule has 3 rings (SSSR count). The molecule has 0 saturated carbocycles. The standard InChI is InChI=1S/C12H16N4O2S2/c1-7-9(20-12(19)14-7)4-10(17)15-2-3-16-8(6-15)5-13-11(16)18/h8H,2-6H2,1H3,(H,13,18)(H,14,19). The molecule has 20 heavy (non-hydrogen) atoms. The lowest BCUT2D eigenvalue weighted by molar-refractivity contribution is -0.132. The van der Waals surface area contributed by atoms with Crippen molar-refractivity contribution in [3.63, 3.8) is 0 Å². The molecule has 8 heteroatoms. The second-order valence-corrected chi connectivity index (χ2v) is 6.88. The van der Waals surface area contributed by atoms with Crippen LogP contribution in [0.3, 0.4) is 0 Å². The third kappa shape index (κ3) is 2.45. The molecule has 2 aliphatic rings. The second kappa shape index (κ2) is 5.17. The van der Waals surface area contributed by atoms with Gasteiger partial charge in [-0.15, -0.1) is 11.3 Å². The number of nitrogens with one attached hydrogen (secondary N) is 2. The number of fused-ring (bicyclic) bond motifs is 1. The van der Waals surface area contributed by atoms with Gasteiger partial charge < -0.3 is 20.1 Å². The van der Waals surface area contributed by atoms with Gasteiger partial charge in [0.15, 0.2) is 3.95 Å². The average Bonchev–Trinajstić information content (AvgIpc) is 2.93. The molecule has 108 valence electrons. The molecule has 2 aliphatic heterocycles. The van der Waals surface area contributed by atoms with E-state index in [0.29, 0.717) is 36.6 Å². The molecule has 0 aliphatic carbocycles. The summed E-state index contributed by atoms with van der Waals surface area (Å²) in [7, 11) is 0. The van der Waals surface area contributed by atoms with Crippen molar-refractivity contribution in [3.8, 4) is 0 Å². The molecular weight excluding hydrogens is 296 g/mol. The zero-order valence-corrected chi connectivity index (χ0v) is 12.8. The number of carbonyl (C=O) groups is 2. The average molecular weight is 312 g/mol. The number of hydrogen-bond acceptors (Lipinski definition) is 4. The van der Waals surface area contributed by atoms with Crippen LogP contribution < -0.4 is 5.32 Å². The molecule has 2 fully saturated rings. The Kier molecular flexibility index (Phi) is 3.51. The van der Waals surface area contributed by atoms with Crippen LogP contribution in [0, 0.1) is 10.9 Å². The first-order chi connectivity index (χ1) is 9.54. The van der Waals surface area contributed by atoms with Crippen molar-refractivity contribution in [2.75, 3.05) is 26.2 Å². The summed E-state index contributed by atoms with van der Waals surface area (Å²) >= 11 is 6.55. The molecule has 1 unspecified atom stereocenters. The van der Waals surface area contributed by atoms with E-state index in [4.69, 9.17) is 12.2 Å². The summed E-state index contributed by atoms with van der Waals surface area (Å²) in [6.45, 7) is 4.41. The number of carbonyl (C=O) groups excluding carboxylic acids is 2. The smallest absolute Gasteiger partial charge is 0.317 e. The number of piperazine rings is 1. The van der Waals surface area contributed by atoms with Gasteiger partial charge in [0.1, 0.15) is 0 Å². The predicted octanol–water partition coefficient (Wildman–Crippen LogP) is 0.893. The van der Waals surface area contributed by atoms with Gasteiger partial charge in [-0.3, -0.25) is 4.79 Å². The van der Waals surface area contributed by atoms with Crippen molar-refractivity contribution in [1.82, 2.24) is 20.1 Å². The van der Waals surface area contributed by atoms with Crippen molar-refractivity contribution >= 4 is 35.5 Å². The maximum atomic E-state index is 12.4. The molecule has 1 aromatic heterocycles. The Bertz CT molecular complexity index is 609. The van der Waals surface area contributed by atoms with Crippen LogP contribution in [0.5, 0.6) is 0 Å². The summed E-state index contributed by atoms with van der Waals surface area (Å²) in [6.07, 6.45) is 0.387. The fourth-order valence-corrected chi connectivity index (χ4v) is 3.97. The van der Waals surface area contributed by atoms with Crippen LogP contribution in [-0.4, -0.2) is 58.9 Å². The molecule has 3 heterocycles. The molecule has 0 aromatic carbocycles. The van der Waals surface area contributed by atoms with E-state index in [2.05, 4.69) is 10.3 Å². The lowest BCUT2D eigenvalue weighted by Crippen LogP contribution is -2.54. The van der Waals surface area contributed by atoms with Crippen LogP contribution in [0.4, 0.5) is 4.79 Å². The highest BCUT2D eigenvalue weighted by Crippen LogP contribution is 2.19. The molecule has 2 saturated heterocycles. The van der Waals surface area contributed by atoms with Gasteiger partial charge in [-0.1, -0.05) is 0 Å². The van der Waals surface area contributed by atoms with Crippen molar-refractivity contribution in [1.29, 1.82) is 0 Å². The number of aromatic nitrogens is 1. The Hall–Kier alpha value is -1.41. The van der Waals surface area contributed by atoms with Gasteiger partial charge in [0.2, 0.25) is 5.91 Å². The van der Waals surface area contributed by atoms with Crippen LogP contribution in [0.15, 0.2) is 0 Å². The fourth-order valence-electron chi connectivity index (χ4n) is 2.69. The van der Waals surface area contributed by atoms with Gasteiger partial charge in [0.25, 0.3) is 0 Å². The molecular formula is C12H16N4O2S2. The molecule has 6 nitrogen and oxygen atoms in total. The van der Waals surface area contributed by atoms with E-state index in [-0.39, 0.29) is 18.0 Å². The van der Waals surface area contributed by atoms with E-state index in [9.17, 15) is 9.59 Å². The Morgan fingerprint density at radius 1 is 1.50 bits per heavy atom. The predicted molar refractivity (Wildman–Crippen MR) is 78.4 cm³/mol. The quantitative estimate of drug-likeness (QED) is 0.797. The lowest BCUT2D eigenvalue weighted by atomic mass is 10.1. The van der Waals surface area contributed by atoms with E-state index in [1.165, 1.54) is 11.3 Å². The topological polar surface area (TPSA) is 68.4 Å². The van der Waals surface area contributed by atoms with Gasteiger partial charge in [0.05, 0.1) is 12.5 Å². The van der Waals surface area contributed by atoms with E-state index >= 15 is 0 Å². The molecule has 0 radical (unpaired) electrons. The van der Waals surface area contributed by atoms with E-state index in [0.717, 1.165) is 10.6 Å². The minimum absolute atomic E-state index is 0.0125. The molecule has 0 spiro atoms. The zero-order valence-electron chi connectivity index (χ0n) is 11.1. The summed E-state index contributed by atoms with van der Waals surface area (Å²) in [6, 6.07) is 0.104. The third-order valence-corrected chi connectivity index (χ3v) is 5.16. The highest BCUT2D eigenvalue weighted by Gasteiger charge is 2.36. The second-order valence-electron chi connectivity index (χ2n) is 5.11.